The van der Waals surface area contributed by atoms with Gasteiger partial charge in [-0.2, -0.15) is 0 Å². The molecule has 1 saturated carbocycles. The van der Waals surface area contributed by atoms with Gasteiger partial charge in [0, 0.05) is 5.75 Å². The molecule has 0 aliphatic heterocycles. The minimum absolute atomic E-state index is 0.357. The molecular formula is C14H29NO2S. The van der Waals surface area contributed by atoms with Gasteiger partial charge in [0.1, 0.15) is 9.84 Å². The molecule has 1 N–H and O–H groups in total. The van der Waals surface area contributed by atoms with Gasteiger partial charge in [0.15, 0.2) is 0 Å². The Balaban J connectivity index is 2.19. The van der Waals surface area contributed by atoms with Gasteiger partial charge < -0.3 is 5.32 Å². The summed E-state index contributed by atoms with van der Waals surface area (Å²) in [6, 6.07) is 0. The summed E-state index contributed by atoms with van der Waals surface area (Å²) in [5.41, 5.74) is 0. The van der Waals surface area contributed by atoms with E-state index in [9.17, 15) is 8.42 Å². The van der Waals surface area contributed by atoms with Crippen LogP contribution >= 0.6 is 0 Å². The molecular weight excluding hydrogens is 246 g/mol. The average Bonchev–Trinajstić information content (AvgIpc) is 2.22. The lowest BCUT2D eigenvalue weighted by atomic mass is 9.72. The van der Waals surface area contributed by atoms with E-state index in [2.05, 4.69) is 19.2 Å². The first-order valence-corrected chi connectivity index (χ1v) is 9.18. The zero-order valence-electron chi connectivity index (χ0n) is 12.1. The number of nitrogens with one attached hydrogen (secondary N) is 1. The lowest BCUT2D eigenvalue weighted by molar-refractivity contribution is 0.166. The maximum absolute atomic E-state index is 11.7. The molecule has 2 unspecified atom stereocenters. The summed E-state index contributed by atoms with van der Waals surface area (Å²) in [7, 11) is -2.78. The number of hydrogen-bond acceptors (Lipinski definition) is 3. The maximum atomic E-state index is 11.7. The third-order valence-corrected chi connectivity index (χ3v) is 5.74. The van der Waals surface area contributed by atoms with Gasteiger partial charge in [-0.05, 0) is 56.5 Å². The van der Waals surface area contributed by atoms with Crippen molar-refractivity contribution in [1.82, 2.24) is 5.32 Å². The van der Waals surface area contributed by atoms with E-state index in [-0.39, 0.29) is 0 Å². The van der Waals surface area contributed by atoms with Gasteiger partial charge >= 0.3 is 0 Å². The van der Waals surface area contributed by atoms with Crippen molar-refractivity contribution in [3.05, 3.63) is 0 Å². The van der Waals surface area contributed by atoms with E-state index in [1.165, 1.54) is 12.8 Å². The fraction of sp³-hybridized carbons (Fsp3) is 1.00. The Kier molecular flexibility index (Phi) is 6.64. The van der Waals surface area contributed by atoms with Crippen LogP contribution in [0, 0.1) is 17.8 Å². The minimum atomic E-state index is -2.78. The van der Waals surface area contributed by atoms with Crippen LogP contribution in [0.15, 0.2) is 0 Å². The fourth-order valence-corrected chi connectivity index (χ4v) is 4.08. The molecule has 0 aromatic heterocycles. The van der Waals surface area contributed by atoms with Gasteiger partial charge in [-0.15, -0.1) is 0 Å². The Morgan fingerprint density at radius 1 is 1.17 bits per heavy atom. The van der Waals surface area contributed by atoms with Gasteiger partial charge in [0.25, 0.3) is 0 Å². The highest BCUT2D eigenvalue weighted by atomic mass is 32.2. The van der Waals surface area contributed by atoms with E-state index in [0.717, 1.165) is 25.9 Å². The molecule has 1 aliphatic carbocycles. The van der Waals surface area contributed by atoms with E-state index in [0.29, 0.717) is 29.3 Å². The highest BCUT2D eigenvalue weighted by molar-refractivity contribution is 7.91. The third kappa shape index (κ3) is 5.70. The summed E-state index contributed by atoms with van der Waals surface area (Å²) in [6.07, 6.45) is 4.10. The molecule has 0 aromatic carbocycles. The van der Waals surface area contributed by atoms with Crippen LogP contribution < -0.4 is 5.32 Å². The predicted molar refractivity (Wildman–Crippen MR) is 77.5 cm³/mol. The van der Waals surface area contributed by atoms with Crippen LogP contribution in [0.25, 0.3) is 0 Å². The smallest absolute Gasteiger partial charge is 0.150 e. The van der Waals surface area contributed by atoms with Crippen molar-refractivity contribution < 1.29 is 8.42 Å². The van der Waals surface area contributed by atoms with Crippen molar-refractivity contribution in [2.45, 2.75) is 46.5 Å². The van der Waals surface area contributed by atoms with Gasteiger partial charge in [-0.1, -0.05) is 20.8 Å². The van der Waals surface area contributed by atoms with Crippen LogP contribution in [0.3, 0.4) is 0 Å². The molecule has 0 radical (unpaired) electrons. The molecule has 0 amide bonds. The van der Waals surface area contributed by atoms with Crippen LogP contribution in [0.5, 0.6) is 0 Å². The van der Waals surface area contributed by atoms with Crippen LogP contribution in [0.4, 0.5) is 0 Å². The fourth-order valence-electron chi connectivity index (χ4n) is 2.59. The minimum Gasteiger partial charge on any atom is -0.316 e. The maximum Gasteiger partial charge on any atom is 0.150 e. The topological polar surface area (TPSA) is 46.2 Å². The van der Waals surface area contributed by atoms with E-state index in [4.69, 9.17) is 0 Å². The van der Waals surface area contributed by atoms with Crippen molar-refractivity contribution >= 4 is 9.84 Å². The van der Waals surface area contributed by atoms with Crippen molar-refractivity contribution in [1.29, 1.82) is 0 Å². The monoisotopic (exact) mass is 275 g/mol. The quantitative estimate of drug-likeness (QED) is 0.703. The van der Waals surface area contributed by atoms with E-state index < -0.39 is 9.84 Å². The van der Waals surface area contributed by atoms with Crippen molar-refractivity contribution in [3.8, 4) is 0 Å². The molecule has 2 atom stereocenters. The van der Waals surface area contributed by atoms with E-state index in [1.54, 1.807) is 0 Å². The normalized spacial score (nSPS) is 24.2. The van der Waals surface area contributed by atoms with Gasteiger partial charge in [0.05, 0.1) is 5.75 Å². The van der Waals surface area contributed by atoms with Gasteiger partial charge in [0.2, 0.25) is 0 Å². The molecule has 18 heavy (non-hydrogen) atoms. The lowest BCUT2D eigenvalue weighted by Gasteiger charge is -2.37. The van der Waals surface area contributed by atoms with Gasteiger partial charge in [-0.25, -0.2) is 8.42 Å². The highest BCUT2D eigenvalue weighted by Gasteiger charge is 2.31. The summed E-state index contributed by atoms with van der Waals surface area (Å²) in [4.78, 5) is 0. The Labute approximate surface area is 113 Å². The summed E-state index contributed by atoms with van der Waals surface area (Å²) < 4.78 is 23.3. The molecule has 0 aromatic rings. The van der Waals surface area contributed by atoms with Crippen LogP contribution in [0.1, 0.15) is 46.5 Å². The Morgan fingerprint density at radius 3 is 2.33 bits per heavy atom. The molecule has 1 rings (SSSR count). The summed E-state index contributed by atoms with van der Waals surface area (Å²) >= 11 is 0. The van der Waals surface area contributed by atoms with Crippen LogP contribution in [-0.4, -0.2) is 33.0 Å². The molecule has 0 heterocycles. The molecule has 108 valence electrons. The summed E-state index contributed by atoms with van der Waals surface area (Å²) in [5, 5.41) is 3.49. The number of sulfone groups is 1. The van der Waals surface area contributed by atoms with Crippen LogP contribution in [-0.2, 0) is 9.84 Å². The molecule has 3 nitrogen and oxygen atoms in total. The lowest BCUT2D eigenvalue weighted by Crippen LogP contribution is -2.37. The number of rotatable bonds is 9. The molecule has 0 saturated heterocycles. The largest absolute Gasteiger partial charge is 0.316 e. The SMILES string of the molecule is CCCS(=O)(=O)CCC1CCC1CNCC(C)C. The molecule has 0 spiro atoms. The molecule has 1 fully saturated rings. The van der Waals surface area contributed by atoms with Crippen molar-refractivity contribution in [3.63, 3.8) is 0 Å². The average molecular weight is 275 g/mol. The second-order valence-corrected chi connectivity index (χ2v) is 8.39. The predicted octanol–water partition coefficient (Wildman–Crippen LogP) is 2.47. The zero-order chi connectivity index (χ0) is 13.6. The molecule has 4 heteroatoms. The third-order valence-electron chi connectivity index (χ3n) is 3.85. The first-order valence-electron chi connectivity index (χ1n) is 7.35. The molecule has 1 aliphatic rings. The van der Waals surface area contributed by atoms with E-state index in [1.807, 2.05) is 6.92 Å². The Bertz CT molecular complexity index is 325. The van der Waals surface area contributed by atoms with Crippen molar-refractivity contribution in [2.75, 3.05) is 24.6 Å². The van der Waals surface area contributed by atoms with Crippen LogP contribution in [0.2, 0.25) is 0 Å². The Hall–Kier alpha value is -0.0900. The zero-order valence-corrected chi connectivity index (χ0v) is 12.9. The van der Waals surface area contributed by atoms with E-state index >= 15 is 0 Å². The Morgan fingerprint density at radius 2 is 1.83 bits per heavy atom. The first-order chi connectivity index (χ1) is 8.44. The second kappa shape index (κ2) is 7.49. The number of hydrogen-bond donors (Lipinski definition) is 1. The van der Waals surface area contributed by atoms with Gasteiger partial charge in [-0.3, -0.25) is 0 Å². The summed E-state index contributed by atoms with van der Waals surface area (Å²) in [5.74, 6) is 2.78. The first kappa shape index (κ1) is 16.0. The second-order valence-electron chi connectivity index (χ2n) is 6.09. The molecule has 0 bridgehead atoms. The summed E-state index contributed by atoms with van der Waals surface area (Å²) in [6.45, 7) is 8.48. The van der Waals surface area contributed by atoms with Crippen molar-refractivity contribution in [2.24, 2.45) is 17.8 Å². The highest BCUT2D eigenvalue weighted by Crippen LogP contribution is 2.36. The standard InChI is InChI=1S/C14H29NO2S/c1-4-8-18(16,17)9-7-13-5-6-14(13)11-15-10-12(2)3/h12-15H,4-11H2,1-3H3.